The predicted octanol–water partition coefficient (Wildman–Crippen LogP) is 2.98. The molecule has 0 aliphatic heterocycles. The lowest BCUT2D eigenvalue weighted by Crippen LogP contribution is -2.33. The van der Waals surface area contributed by atoms with Gasteiger partial charge in [0.05, 0.1) is 16.4 Å². The maximum Gasteiger partial charge on any atom is 0.249 e. The van der Waals surface area contributed by atoms with Crippen LogP contribution in [0.25, 0.3) is 11.0 Å². The molecule has 0 unspecified atom stereocenters. The molecule has 0 saturated heterocycles. The first-order chi connectivity index (χ1) is 10.7. The van der Waals surface area contributed by atoms with Crippen LogP contribution in [0.2, 0.25) is 0 Å². The van der Waals surface area contributed by atoms with Crippen LogP contribution in [0, 0.1) is 5.82 Å². The van der Waals surface area contributed by atoms with Crippen molar-refractivity contribution in [2.24, 2.45) is 0 Å². The van der Waals surface area contributed by atoms with Gasteiger partial charge in [-0.1, -0.05) is 24.3 Å². The van der Waals surface area contributed by atoms with Crippen molar-refractivity contribution in [2.75, 3.05) is 5.43 Å². The van der Waals surface area contributed by atoms with Crippen LogP contribution in [-0.4, -0.2) is 15.6 Å². The maximum absolute atomic E-state index is 13.1. The van der Waals surface area contributed by atoms with Crippen molar-refractivity contribution in [3.05, 3.63) is 66.2 Å². The van der Waals surface area contributed by atoms with Crippen LogP contribution < -0.4 is 5.43 Å². The van der Waals surface area contributed by atoms with Crippen LogP contribution in [0.15, 0.2) is 54.9 Å². The van der Waals surface area contributed by atoms with Crippen LogP contribution >= 0.6 is 0 Å². The molecule has 22 heavy (non-hydrogen) atoms. The number of carbonyl (C=O) groups excluding carboxylic acids is 1. The number of fused-ring (bicyclic) bond motifs is 1. The Balaban J connectivity index is 1.63. The van der Waals surface area contributed by atoms with E-state index in [0.717, 1.165) is 29.4 Å². The summed E-state index contributed by atoms with van der Waals surface area (Å²) in [4.78, 5) is 16.9. The summed E-state index contributed by atoms with van der Waals surface area (Å²) in [5, 5.41) is 0. The molecule has 0 bridgehead atoms. The van der Waals surface area contributed by atoms with Gasteiger partial charge < -0.3 is 0 Å². The molecule has 110 valence electrons. The van der Waals surface area contributed by atoms with E-state index in [0.29, 0.717) is 0 Å². The molecule has 1 aromatic heterocycles. The number of halogens is 1. The predicted molar refractivity (Wildman–Crippen MR) is 81.4 cm³/mol. The molecule has 4 rings (SSSR count). The molecule has 1 amide bonds. The third kappa shape index (κ3) is 1.97. The summed E-state index contributed by atoms with van der Waals surface area (Å²) < 4.78 is 14.7. The second-order valence-corrected chi connectivity index (χ2v) is 5.63. The summed E-state index contributed by atoms with van der Waals surface area (Å²) in [7, 11) is 0. The molecular formula is C17H14FN3O. The molecule has 1 heterocycles. The number of para-hydroxylation sites is 2. The van der Waals surface area contributed by atoms with Gasteiger partial charge >= 0.3 is 0 Å². The zero-order valence-electron chi connectivity index (χ0n) is 11.8. The van der Waals surface area contributed by atoms with Crippen molar-refractivity contribution in [2.45, 2.75) is 18.3 Å². The number of amides is 1. The molecule has 4 nitrogen and oxygen atoms in total. The van der Waals surface area contributed by atoms with Crippen molar-refractivity contribution in [1.29, 1.82) is 0 Å². The fourth-order valence-electron chi connectivity index (χ4n) is 2.81. The maximum atomic E-state index is 13.1. The standard InChI is InChI=1S/C17H14FN3O/c18-13-7-5-12(6-8-13)17(9-10-17)16(22)20-21-11-19-14-3-1-2-4-15(14)21/h1-8,11H,9-10H2,(H,20,22). The van der Waals surface area contributed by atoms with Crippen molar-refractivity contribution in [3.8, 4) is 0 Å². The van der Waals surface area contributed by atoms with Crippen molar-refractivity contribution in [1.82, 2.24) is 9.66 Å². The average Bonchev–Trinajstić information content (AvgIpc) is 3.26. The number of nitrogens with one attached hydrogen (secondary N) is 1. The minimum Gasteiger partial charge on any atom is -0.272 e. The van der Waals surface area contributed by atoms with Gasteiger partial charge in [-0.25, -0.2) is 14.1 Å². The van der Waals surface area contributed by atoms with E-state index in [1.165, 1.54) is 12.1 Å². The smallest absolute Gasteiger partial charge is 0.249 e. The third-order valence-corrected chi connectivity index (χ3v) is 4.26. The highest BCUT2D eigenvalue weighted by molar-refractivity contribution is 5.97. The zero-order chi connectivity index (χ0) is 15.2. The van der Waals surface area contributed by atoms with Gasteiger partial charge in [-0.05, 0) is 42.7 Å². The number of hydrogen-bond donors (Lipinski definition) is 1. The van der Waals surface area contributed by atoms with Gasteiger partial charge in [-0.15, -0.1) is 0 Å². The molecule has 2 aromatic carbocycles. The van der Waals surface area contributed by atoms with Gasteiger partial charge in [0.1, 0.15) is 12.1 Å². The summed E-state index contributed by atoms with van der Waals surface area (Å²) in [5.74, 6) is -0.372. The summed E-state index contributed by atoms with van der Waals surface area (Å²) in [5.41, 5.74) is 4.90. The van der Waals surface area contributed by atoms with Crippen LogP contribution in [0.5, 0.6) is 0 Å². The zero-order valence-corrected chi connectivity index (χ0v) is 11.8. The number of hydrogen-bond acceptors (Lipinski definition) is 2. The van der Waals surface area contributed by atoms with Gasteiger partial charge in [-0.2, -0.15) is 0 Å². The Morgan fingerprint density at radius 1 is 1.14 bits per heavy atom. The van der Waals surface area contributed by atoms with Crippen molar-refractivity contribution < 1.29 is 9.18 Å². The van der Waals surface area contributed by atoms with E-state index in [-0.39, 0.29) is 11.7 Å². The Morgan fingerprint density at radius 2 is 1.86 bits per heavy atom. The molecule has 1 N–H and O–H groups in total. The molecule has 0 radical (unpaired) electrons. The summed E-state index contributed by atoms with van der Waals surface area (Å²) in [6, 6.07) is 13.8. The number of imidazole rings is 1. The fourth-order valence-corrected chi connectivity index (χ4v) is 2.81. The third-order valence-electron chi connectivity index (χ3n) is 4.26. The van der Waals surface area contributed by atoms with E-state index >= 15 is 0 Å². The topological polar surface area (TPSA) is 46.9 Å². The van der Waals surface area contributed by atoms with Gasteiger partial charge in [0.25, 0.3) is 0 Å². The lowest BCUT2D eigenvalue weighted by molar-refractivity contribution is -0.119. The highest BCUT2D eigenvalue weighted by Gasteiger charge is 2.51. The molecular weight excluding hydrogens is 281 g/mol. The fraction of sp³-hybridized carbons (Fsp3) is 0.176. The molecule has 1 fully saturated rings. The van der Waals surface area contributed by atoms with Crippen LogP contribution in [0.1, 0.15) is 18.4 Å². The lowest BCUT2D eigenvalue weighted by Gasteiger charge is -2.16. The lowest BCUT2D eigenvalue weighted by atomic mass is 9.95. The Labute approximate surface area is 126 Å². The van der Waals surface area contributed by atoms with Gasteiger partial charge in [0.2, 0.25) is 5.91 Å². The molecule has 1 aliphatic carbocycles. The molecule has 1 saturated carbocycles. The second kappa shape index (κ2) is 4.66. The number of rotatable bonds is 3. The Morgan fingerprint density at radius 3 is 2.59 bits per heavy atom. The quantitative estimate of drug-likeness (QED) is 0.807. The minimum absolute atomic E-state index is 0.0812. The molecule has 0 spiro atoms. The normalized spacial score (nSPS) is 15.7. The number of aromatic nitrogens is 2. The number of nitrogens with zero attached hydrogens (tertiary/aromatic N) is 2. The van der Waals surface area contributed by atoms with E-state index in [9.17, 15) is 9.18 Å². The molecule has 5 heteroatoms. The number of carbonyl (C=O) groups is 1. The van der Waals surface area contributed by atoms with Crippen LogP contribution in [0.3, 0.4) is 0 Å². The summed E-state index contributed by atoms with van der Waals surface area (Å²) >= 11 is 0. The molecule has 0 atom stereocenters. The molecule has 1 aliphatic rings. The van der Waals surface area contributed by atoms with Gasteiger partial charge in [0.15, 0.2) is 0 Å². The Hall–Kier alpha value is -2.69. The highest BCUT2D eigenvalue weighted by atomic mass is 19.1. The monoisotopic (exact) mass is 295 g/mol. The Bertz CT molecular complexity index is 850. The van der Waals surface area contributed by atoms with Crippen molar-refractivity contribution in [3.63, 3.8) is 0 Å². The van der Waals surface area contributed by atoms with E-state index < -0.39 is 5.41 Å². The van der Waals surface area contributed by atoms with E-state index in [1.54, 1.807) is 23.1 Å². The highest BCUT2D eigenvalue weighted by Crippen LogP contribution is 2.48. The first kappa shape index (κ1) is 13.0. The van der Waals surface area contributed by atoms with E-state index in [1.807, 2.05) is 24.3 Å². The minimum atomic E-state index is -0.543. The average molecular weight is 295 g/mol. The summed E-state index contributed by atoms with van der Waals surface area (Å²) in [6.45, 7) is 0. The summed E-state index contributed by atoms with van der Waals surface area (Å²) in [6.07, 6.45) is 3.15. The second-order valence-electron chi connectivity index (χ2n) is 5.63. The number of benzene rings is 2. The van der Waals surface area contributed by atoms with Crippen molar-refractivity contribution >= 4 is 16.9 Å². The van der Waals surface area contributed by atoms with Gasteiger partial charge in [0, 0.05) is 0 Å². The molecule has 3 aromatic rings. The first-order valence-corrected chi connectivity index (χ1v) is 7.19. The van der Waals surface area contributed by atoms with E-state index in [2.05, 4.69) is 10.4 Å². The largest absolute Gasteiger partial charge is 0.272 e. The van der Waals surface area contributed by atoms with Gasteiger partial charge in [-0.3, -0.25) is 10.2 Å². The van der Waals surface area contributed by atoms with Crippen LogP contribution in [-0.2, 0) is 10.2 Å². The first-order valence-electron chi connectivity index (χ1n) is 7.19. The van der Waals surface area contributed by atoms with Crippen LogP contribution in [0.4, 0.5) is 4.39 Å². The SMILES string of the molecule is O=C(Nn1cnc2ccccc21)C1(c2ccc(F)cc2)CC1. The Kier molecular flexibility index (Phi) is 2.76. The van der Waals surface area contributed by atoms with E-state index in [4.69, 9.17) is 0 Å².